The van der Waals surface area contributed by atoms with E-state index in [1.807, 2.05) is 39.8 Å². The Morgan fingerprint density at radius 1 is 0.967 bits per heavy atom. The van der Waals surface area contributed by atoms with Crippen LogP contribution in [0.5, 0.6) is 0 Å². The molecule has 2 aromatic carbocycles. The van der Waals surface area contributed by atoms with Crippen LogP contribution in [0.25, 0.3) is 0 Å². The fourth-order valence-corrected chi connectivity index (χ4v) is 3.44. The SMILES string of the molecule is Cc1cc(C)cc(C(=O)O)c1.Cc1cc(C)cc(C(=O)OCC2CC(F)C(C)O2)c1. The van der Waals surface area contributed by atoms with Crippen molar-refractivity contribution in [2.75, 3.05) is 6.61 Å². The van der Waals surface area contributed by atoms with Gasteiger partial charge < -0.3 is 14.6 Å². The molecule has 1 aliphatic rings. The lowest BCUT2D eigenvalue weighted by Crippen LogP contribution is -2.19. The fourth-order valence-electron chi connectivity index (χ4n) is 3.44. The summed E-state index contributed by atoms with van der Waals surface area (Å²) in [4.78, 5) is 22.4. The Hall–Kier alpha value is -2.73. The summed E-state index contributed by atoms with van der Waals surface area (Å²) in [5.74, 6) is -1.25. The van der Waals surface area contributed by atoms with E-state index in [1.54, 1.807) is 31.2 Å². The Labute approximate surface area is 176 Å². The van der Waals surface area contributed by atoms with Crippen LogP contribution in [0.2, 0.25) is 0 Å². The van der Waals surface area contributed by atoms with E-state index < -0.39 is 18.2 Å². The number of aromatic carboxylic acids is 1. The molecule has 0 saturated carbocycles. The van der Waals surface area contributed by atoms with Gasteiger partial charge in [-0.2, -0.15) is 0 Å². The third kappa shape index (κ3) is 6.95. The van der Waals surface area contributed by atoms with Crippen molar-refractivity contribution in [1.29, 1.82) is 0 Å². The number of ether oxygens (including phenoxy) is 2. The van der Waals surface area contributed by atoms with Crippen LogP contribution in [-0.2, 0) is 9.47 Å². The van der Waals surface area contributed by atoms with Gasteiger partial charge in [0.25, 0.3) is 0 Å². The van der Waals surface area contributed by atoms with Gasteiger partial charge in [0.1, 0.15) is 12.8 Å². The van der Waals surface area contributed by atoms with E-state index in [0.29, 0.717) is 17.5 Å². The van der Waals surface area contributed by atoms with Crippen molar-refractivity contribution in [3.05, 3.63) is 69.8 Å². The highest BCUT2D eigenvalue weighted by atomic mass is 19.1. The summed E-state index contributed by atoms with van der Waals surface area (Å²) in [5, 5.41) is 8.63. The van der Waals surface area contributed by atoms with E-state index in [2.05, 4.69) is 0 Å². The Morgan fingerprint density at radius 3 is 1.83 bits per heavy atom. The Balaban J connectivity index is 0.000000248. The zero-order valence-corrected chi connectivity index (χ0v) is 18.1. The lowest BCUT2D eigenvalue weighted by atomic mass is 10.1. The van der Waals surface area contributed by atoms with E-state index in [0.717, 1.165) is 22.3 Å². The molecule has 0 aromatic heterocycles. The van der Waals surface area contributed by atoms with Gasteiger partial charge in [-0.05, 0) is 58.9 Å². The first-order valence-electron chi connectivity index (χ1n) is 9.91. The molecule has 0 bridgehead atoms. The first kappa shape index (κ1) is 23.5. The molecular weight excluding hydrogens is 387 g/mol. The molecule has 30 heavy (non-hydrogen) atoms. The number of benzene rings is 2. The molecule has 162 valence electrons. The van der Waals surface area contributed by atoms with E-state index in [4.69, 9.17) is 14.6 Å². The molecule has 5 nitrogen and oxygen atoms in total. The van der Waals surface area contributed by atoms with Gasteiger partial charge >= 0.3 is 11.9 Å². The van der Waals surface area contributed by atoms with Crippen LogP contribution in [0.1, 0.15) is 56.3 Å². The minimum atomic E-state index is -0.968. The second kappa shape index (κ2) is 10.3. The summed E-state index contributed by atoms with van der Waals surface area (Å²) in [6.07, 6.45) is -1.42. The van der Waals surface area contributed by atoms with Gasteiger partial charge in [-0.25, -0.2) is 14.0 Å². The highest BCUT2D eigenvalue weighted by molar-refractivity contribution is 5.90. The van der Waals surface area contributed by atoms with Crippen molar-refractivity contribution in [2.24, 2.45) is 0 Å². The van der Waals surface area contributed by atoms with Crippen LogP contribution >= 0.6 is 0 Å². The van der Waals surface area contributed by atoms with Crippen LogP contribution in [0.15, 0.2) is 36.4 Å². The zero-order chi connectivity index (χ0) is 22.4. The summed E-state index contributed by atoms with van der Waals surface area (Å²) in [6.45, 7) is 9.43. The van der Waals surface area contributed by atoms with Gasteiger partial charge in [0.15, 0.2) is 0 Å². The van der Waals surface area contributed by atoms with E-state index in [9.17, 15) is 14.0 Å². The maximum Gasteiger partial charge on any atom is 0.338 e. The Kier molecular flexibility index (Phi) is 8.12. The molecule has 0 spiro atoms. The minimum absolute atomic E-state index is 0.108. The Bertz CT molecular complexity index is 858. The average molecular weight is 416 g/mol. The largest absolute Gasteiger partial charge is 0.478 e. The monoisotopic (exact) mass is 416 g/mol. The molecule has 0 amide bonds. The molecule has 1 N–H and O–H groups in total. The van der Waals surface area contributed by atoms with Crippen LogP contribution < -0.4 is 0 Å². The van der Waals surface area contributed by atoms with Gasteiger partial charge in [0.05, 0.1) is 23.3 Å². The van der Waals surface area contributed by atoms with Crippen molar-refractivity contribution in [2.45, 2.75) is 59.4 Å². The van der Waals surface area contributed by atoms with Gasteiger partial charge in [-0.15, -0.1) is 0 Å². The molecule has 1 aliphatic heterocycles. The smallest absolute Gasteiger partial charge is 0.338 e. The zero-order valence-electron chi connectivity index (χ0n) is 18.1. The van der Waals surface area contributed by atoms with Gasteiger partial charge in [-0.1, -0.05) is 34.4 Å². The summed E-state index contributed by atoms with van der Waals surface area (Å²) in [6, 6.07) is 10.8. The number of alkyl halides is 1. The highest BCUT2D eigenvalue weighted by Crippen LogP contribution is 2.23. The number of carboxylic acid groups (broad SMARTS) is 1. The molecule has 1 saturated heterocycles. The van der Waals surface area contributed by atoms with Crippen LogP contribution in [0, 0.1) is 27.7 Å². The van der Waals surface area contributed by atoms with Crippen LogP contribution in [0.3, 0.4) is 0 Å². The van der Waals surface area contributed by atoms with Crippen molar-refractivity contribution in [3.63, 3.8) is 0 Å². The molecule has 3 rings (SSSR count). The minimum Gasteiger partial charge on any atom is -0.478 e. The molecule has 1 fully saturated rings. The van der Waals surface area contributed by atoms with Crippen molar-refractivity contribution in [1.82, 2.24) is 0 Å². The number of carboxylic acids is 1. The molecule has 3 atom stereocenters. The standard InChI is InChI=1S/C15H19FO3.C9H10O2/c1-9-4-10(2)6-12(5-9)15(17)18-8-13-7-14(16)11(3)19-13;1-6-3-7(2)5-8(4-6)9(10)11/h4-6,11,13-14H,7-8H2,1-3H3;3-5H,1-2H3,(H,10,11). The number of hydrogen-bond donors (Lipinski definition) is 1. The number of aryl methyl sites for hydroxylation is 4. The predicted molar refractivity (Wildman–Crippen MR) is 113 cm³/mol. The van der Waals surface area contributed by atoms with Crippen molar-refractivity contribution < 1.29 is 28.6 Å². The molecule has 6 heteroatoms. The maximum absolute atomic E-state index is 13.3. The van der Waals surface area contributed by atoms with Gasteiger partial charge in [-0.3, -0.25) is 0 Å². The first-order valence-corrected chi connectivity index (χ1v) is 9.91. The molecular formula is C24H29FO5. The number of carbonyl (C=O) groups is 2. The first-order chi connectivity index (χ1) is 14.0. The molecule has 2 aromatic rings. The van der Waals surface area contributed by atoms with E-state index in [1.165, 1.54) is 0 Å². The van der Waals surface area contributed by atoms with Gasteiger partial charge in [0, 0.05) is 6.42 Å². The summed E-state index contributed by atoms with van der Waals surface area (Å²) in [5.41, 5.74) is 4.90. The maximum atomic E-state index is 13.3. The van der Waals surface area contributed by atoms with Crippen LogP contribution in [0.4, 0.5) is 4.39 Å². The van der Waals surface area contributed by atoms with Crippen LogP contribution in [-0.4, -0.2) is 42.0 Å². The van der Waals surface area contributed by atoms with Crippen molar-refractivity contribution in [3.8, 4) is 0 Å². The van der Waals surface area contributed by atoms with Gasteiger partial charge in [0.2, 0.25) is 0 Å². The predicted octanol–water partition coefficient (Wildman–Crippen LogP) is 4.98. The number of halogens is 1. The third-order valence-electron chi connectivity index (χ3n) is 4.73. The molecule has 1 heterocycles. The Morgan fingerprint density at radius 2 is 1.43 bits per heavy atom. The summed E-state index contributed by atoms with van der Waals surface area (Å²) in [7, 11) is 0. The number of carbonyl (C=O) groups excluding carboxylic acids is 1. The second-order valence-corrected chi connectivity index (χ2v) is 7.87. The molecule has 0 aliphatic carbocycles. The molecule has 0 radical (unpaired) electrons. The quantitative estimate of drug-likeness (QED) is 0.712. The summed E-state index contributed by atoms with van der Waals surface area (Å²) < 4.78 is 23.8. The number of esters is 1. The normalized spacial score (nSPS) is 20.3. The second-order valence-electron chi connectivity index (χ2n) is 7.87. The van der Waals surface area contributed by atoms with E-state index in [-0.39, 0.29) is 18.7 Å². The fraction of sp³-hybridized carbons (Fsp3) is 0.417. The topological polar surface area (TPSA) is 72.8 Å². The molecule has 3 unspecified atom stereocenters. The highest BCUT2D eigenvalue weighted by Gasteiger charge is 2.32. The third-order valence-corrected chi connectivity index (χ3v) is 4.73. The number of hydrogen-bond acceptors (Lipinski definition) is 4. The van der Waals surface area contributed by atoms with E-state index >= 15 is 0 Å². The number of rotatable bonds is 4. The lowest BCUT2D eigenvalue weighted by molar-refractivity contribution is -0.00709. The average Bonchev–Trinajstić information content (AvgIpc) is 2.96. The summed E-state index contributed by atoms with van der Waals surface area (Å²) >= 11 is 0. The van der Waals surface area contributed by atoms with Crippen molar-refractivity contribution >= 4 is 11.9 Å². The lowest BCUT2D eigenvalue weighted by Gasteiger charge is -2.11.